The van der Waals surface area contributed by atoms with Crippen LogP contribution in [0.3, 0.4) is 0 Å². The first kappa shape index (κ1) is 20.0. The molecule has 0 bridgehead atoms. The molecule has 150 valence electrons. The van der Waals surface area contributed by atoms with E-state index in [4.69, 9.17) is 0 Å². The first-order valence-corrected chi connectivity index (χ1v) is 11.6. The lowest BCUT2D eigenvalue weighted by atomic mass is 9.91. The maximum Gasteiger partial charge on any atom is -0.0154 e. The largest absolute Gasteiger partial charge is 0.0792 e. The van der Waals surface area contributed by atoms with Crippen LogP contribution in [0, 0.1) is 0 Å². The van der Waals surface area contributed by atoms with Gasteiger partial charge in [0.05, 0.1) is 0 Å². The van der Waals surface area contributed by atoms with Crippen molar-refractivity contribution in [3.63, 3.8) is 0 Å². The summed E-state index contributed by atoms with van der Waals surface area (Å²) in [6, 6.07) is 18.2. The highest BCUT2D eigenvalue weighted by atomic mass is 14.1. The van der Waals surface area contributed by atoms with Crippen molar-refractivity contribution >= 4 is 17.7 Å². The van der Waals surface area contributed by atoms with Crippen molar-refractivity contribution < 1.29 is 0 Å². The summed E-state index contributed by atoms with van der Waals surface area (Å²) >= 11 is 0. The molecule has 2 saturated carbocycles. The maximum atomic E-state index is 2.41. The van der Waals surface area contributed by atoms with Gasteiger partial charge in [0, 0.05) is 0 Å². The number of benzene rings is 2. The third-order valence-electron chi connectivity index (χ3n) is 6.47. The molecule has 2 aromatic rings. The zero-order valence-corrected chi connectivity index (χ0v) is 17.9. The molecule has 2 aliphatic carbocycles. The highest BCUT2D eigenvalue weighted by Gasteiger charge is 2.08. The van der Waals surface area contributed by atoms with Crippen LogP contribution in [0.1, 0.15) is 93.4 Å². The van der Waals surface area contributed by atoms with Gasteiger partial charge in [-0.25, -0.2) is 0 Å². The Labute approximate surface area is 177 Å². The molecule has 0 aliphatic heterocycles. The molecular weight excluding hydrogens is 348 g/mol. The Hall–Kier alpha value is -2.34. The van der Waals surface area contributed by atoms with E-state index in [1.54, 1.807) is 11.1 Å². The minimum Gasteiger partial charge on any atom is -0.0792 e. The second kappa shape index (κ2) is 9.92. The lowest BCUT2D eigenvalue weighted by molar-refractivity contribution is 0.602. The van der Waals surface area contributed by atoms with Crippen LogP contribution in [-0.4, -0.2) is 0 Å². The van der Waals surface area contributed by atoms with Crippen molar-refractivity contribution in [2.75, 3.05) is 0 Å². The van der Waals surface area contributed by atoms with Gasteiger partial charge in [0.15, 0.2) is 0 Å². The summed E-state index contributed by atoms with van der Waals surface area (Å²) in [6.45, 7) is 2.14. The Bertz CT molecular complexity index is 799. The van der Waals surface area contributed by atoms with E-state index in [1.807, 2.05) is 0 Å². The van der Waals surface area contributed by atoms with E-state index in [0.717, 1.165) is 0 Å². The van der Waals surface area contributed by atoms with Crippen LogP contribution in [-0.2, 0) is 0 Å². The Morgan fingerprint density at radius 3 is 1.28 bits per heavy atom. The molecule has 0 heterocycles. The van der Waals surface area contributed by atoms with Crippen LogP contribution in [0.2, 0.25) is 0 Å². The van der Waals surface area contributed by atoms with E-state index >= 15 is 0 Å². The van der Waals surface area contributed by atoms with E-state index in [2.05, 4.69) is 73.7 Å². The number of allylic oxidation sites excluding steroid dienone is 3. The molecular formula is C29H34. The fraction of sp³-hybridized carbons (Fsp3) is 0.379. The average molecular weight is 383 g/mol. The standard InChI is InChI=1S/C29H34/c1-2-29(27-17-13-25(14-18-27)21-23-9-5-3-6-10-23)28-19-15-26(16-20-28)22-24-11-7-4-8-12-24/h2,13-22H,3-12H2,1H3. The summed E-state index contributed by atoms with van der Waals surface area (Å²) in [7, 11) is 0. The van der Waals surface area contributed by atoms with Crippen LogP contribution in [0.4, 0.5) is 0 Å². The normalized spacial score (nSPS) is 17.0. The predicted octanol–water partition coefficient (Wildman–Crippen LogP) is 8.83. The van der Waals surface area contributed by atoms with Gasteiger partial charge in [-0.3, -0.25) is 0 Å². The van der Waals surface area contributed by atoms with Crippen LogP contribution in [0.5, 0.6) is 0 Å². The fourth-order valence-electron chi connectivity index (χ4n) is 4.79. The molecule has 0 nitrogen and oxygen atoms in total. The lowest BCUT2D eigenvalue weighted by Crippen LogP contribution is -1.94. The first-order chi connectivity index (χ1) is 14.3. The van der Waals surface area contributed by atoms with Crippen LogP contribution >= 0.6 is 0 Å². The Balaban J connectivity index is 1.48. The Morgan fingerprint density at radius 2 is 0.931 bits per heavy atom. The Morgan fingerprint density at radius 1 is 0.552 bits per heavy atom. The van der Waals surface area contributed by atoms with Crippen molar-refractivity contribution in [3.05, 3.63) is 88.0 Å². The van der Waals surface area contributed by atoms with Gasteiger partial charge in [0.1, 0.15) is 0 Å². The van der Waals surface area contributed by atoms with E-state index in [1.165, 1.54) is 92.0 Å². The molecule has 0 atom stereocenters. The van der Waals surface area contributed by atoms with Crippen LogP contribution in [0.25, 0.3) is 17.7 Å². The summed E-state index contributed by atoms with van der Waals surface area (Å²) in [6.07, 6.45) is 20.4. The molecule has 0 amide bonds. The zero-order chi connectivity index (χ0) is 19.9. The third kappa shape index (κ3) is 5.38. The monoisotopic (exact) mass is 382 g/mol. The van der Waals surface area contributed by atoms with Gasteiger partial charge in [-0.05, 0) is 86.1 Å². The molecule has 2 fully saturated rings. The smallest absolute Gasteiger partial charge is 0.0154 e. The van der Waals surface area contributed by atoms with E-state index in [-0.39, 0.29) is 0 Å². The molecule has 0 radical (unpaired) electrons. The van der Waals surface area contributed by atoms with Crippen molar-refractivity contribution in [1.29, 1.82) is 0 Å². The van der Waals surface area contributed by atoms with Crippen LogP contribution < -0.4 is 0 Å². The minimum absolute atomic E-state index is 1.28. The van der Waals surface area contributed by atoms with Gasteiger partial charge in [-0.15, -0.1) is 0 Å². The zero-order valence-electron chi connectivity index (χ0n) is 17.9. The molecule has 2 aromatic carbocycles. The fourth-order valence-corrected chi connectivity index (χ4v) is 4.79. The van der Waals surface area contributed by atoms with E-state index in [9.17, 15) is 0 Å². The van der Waals surface area contributed by atoms with Gasteiger partial charge in [-0.2, -0.15) is 0 Å². The lowest BCUT2D eigenvalue weighted by Gasteiger charge is -2.14. The van der Waals surface area contributed by atoms with Gasteiger partial charge >= 0.3 is 0 Å². The van der Waals surface area contributed by atoms with Crippen molar-refractivity contribution in [2.45, 2.75) is 71.1 Å². The topological polar surface area (TPSA) is 0 Å². The van der Waals surface area contributed by atoms with Crippen LogP contribution in [0.15, 0.2) is 65.8 Å². The van der Waals surface area contributed by atoms with Crippen molar-refractivity contribution in [3.8, 4) is 0 Å². The molecule has 0 heteroatoms. The summed E-state index contributed by atoms with van der Waals surface area (Å²) in [5.41, 5.74) is 9.86. The van der Waals surface area contributed by atoms with Crippen molar-refractivity contribution in [1.82, 2.24) is 0 Å². The van der Waals surface area contributed by atoms with Gasteiger partial charge < -0.3 is 0 Å². The number of hydrogen-bond acceptors (Lipinski definition) is 0. The molecule has 29 heavy (non-hydrogen) atoms. The summed E-state index contributed by atoms with van der Waals surface area (Å²) < 4.78 is 0. The molecule has 0 saturated heterocycles. The van der Waals surface area contributed by atoms with E-state index in [0.29, 0.717) is 0 Å². The van der Waals surface area contributed by atoms with E-state index < -0.39 is 0 Å². The predicted molar refractivity (Wildman–Crippen MR) is 128 cm³/mol. The second-order valence-electron chi connectivity index (χ2n) is 8.67. The molecule has 2 aliphatic rings. The molecule has 0 spiro atoms. The minimum atomic E-state index is 1.28. The highest BCUT2D eigenvalue weighted by molar-refractivity contribution is 5.80. The summed E-state index contributed by atoms with van der Waals surface area (Å²) in [5.74, 6) is 0. The number of hydrogen-bond donors (Lipinski definition) is 0. The molecule has 0 N–H and O–H groups in total. The van der Waals surface area contributed by atoms with Gasteiger partial charge in [-0.1, -0.05) is 90.7 Å². The molecule has 0 unspecified atom stereocenters. The quantitative estimate of drug-likeness (QED) is 0.495. The van der Waals surface area contributed by atoms with Gasteiger partial charge in [0.25, 0.3) is 0 Å². The number of rotatable bonds is 4. The first-order valence-electron chi connectivity index (χ1n) is 11.6. The maximum absolute atomic E-state index is 2.41. The third-order valence-corrected chi connectivity index (χ3v) is 6.47. The Kier molecular flexibility index (Phi) is 6.83. The SMILES string of the molecule is CC=C(c1ccc(C=C2CCCCC2)cc1)c1ccc(C=C2CCCCC2)cc1. The second-order valence-corrected chi connectivity index (χ2v) is 8.67. The summed E-state index contributed by atoms with van der Waals surface area (Å²) in [4.78, 5) is 0. The highest BCUT2D eigenvalue weighted by Crippen LogP contribution is 2.29. The molecule has 0 aromatic heterocycles. The summed E-state index contributed by atoms with van der Waals surface area (Å²) in [5, 5.41) is 0. The average Bonchev–Trinajstić information content (AvgIpc) is 2.78. The van der Waals surface area contributed by atoms with Gasteiger partial charge in [0.2, 0.25) is 0 Å². The molecule has 4 rings (SSSR count). The van der Waals surface area contributed by atoms with Crippen molar-refractivity contribution in [2.24, 2.45) is 0 Å².